The fourth-order valence-electron chi connectivity index (χ4n) is 1.97. The van der Waals surface area contributed by atoms with Crippen LogP contribution in [0.3, 0.4) is 0 Å². The van der Waals surface area contributed by atoms with E-state index >= 15 is 0 Å². The zero-order valence-electron chi connectivity index (χ0n) is 11.5. The van der Waals surface area contributed by atoms with E-state index in [2.05, 4.69) is 10.3 Å². The number of para-hydroxylation sites is 1. The average molecular weight is 260 g/mol. The second kappa shape index (κ2) is 5.05. The SMILES string of the molecule is CC(C)(C)[C@@H](CO)NC(=O)c1cc2ccccc2[nH]1. The molecule has 0 aliphatic rings. The van der Waals surface area contributed by atoms with Crippen molar-refractivity contribution in [1.29, 1.82) is 0 Å². The first-order valence-corrected chi connectivity index (χ1v) is 6.41. The number of aromatic amines is 1. The van der Waals surface area contributed by atoms with Gasteiger partial charge in [-0.2, -0.15) is 0 Å². The van der Waals surface area contributed by atoms with Gasteiger partial charge in [0.1, 0.15) is 5.69 Å². The van der Waals surface area contributed by atoms with Gasteiger partial charge in [-0.25, -0.2) is 0 Å². The standard InChI is InChI=1S/C15H20N2O2/c1-15(2,3)13(9-18)17-14(19)12-8-10-6-4-5-7-11(10)16-12/h4-8,13,16,18H,9H2,1-3H3,(H,17,19)/t13-/m1/s1. The molecular weight excluding hydrogens is 240 g/mol. The molecule has 0 saturated carbocycles. The summed E-state index contributed by atoms with van der Waals surface area (Å²) in [5.41, 5.74) is 1.27. The number of nitrogens with one attached hydrogen (secondary N) is 2. The van der Waals surface area contributed by atoms with Crippen molar-refractivity contribution >= 4 is 16.8 Å². The van der Waals surface area contributed by atoms with Crippen molar-refractivity contribution in [3.8, 4) is 0 Å². The van der Waals surface area contributed by atoms with E-state index in [4.69, 9.17) is 0 Å². The third kappa shape index (κ3) is 2.96. The largest absolute Gasteiger partial charge is 0.394 e. The van der Waals surface area contributed by atoms with E-state index in [9.17, 15) is 9.90 Å². The monoisotopic (exact) mass is 260 g/mol. The van der Waals surface area contributed by atoms with Gasteiger partial charge in [0.15, 0.2) is 0 Å². The molecule has 1 atom stereocenters. The van der Waals surface area contributed by atoms with Crippen molar-refractivity contribution in [2.75, 3.05) is 6.61 Å². The number of carbonyl (C=O) groups excluding carboxylic acids is 1. The molecular formula is C15H20N2O2. The van der Waals surface area contributed by atoms with Gasteiger partial charge in [0.2, 0.25) is 0 Å². The van der Waals surface area contributed by atoms with Gasteiger partial charge in [0, 0.05) is 10.9 Å². The summed E-state index contributed by atoms with van der Waals surface area (Å²) < 4.78 is 0. The molecule has 1 heterocycles. The summed E-state index contributed by atoms with van der Waals surface area (Å²) in [6.07, 6.45) is 0. The maximum atomic E-state index is 12.2. The minimum Gasteiger partial charge on any atom is -0.394 e. The Morgan fingerprint density at radius 2 is 2.05 bits per heavy atom. The molecule has 1 aromatic carbocycles. The lowest BCUT2D eigenvalue weighted by atomic mass is 9.87. The summed E-state index contributed by atoms with van der Waals surface area (Å²) in [6.45, 7) is 5.88. The Morgan fingerprint density at radius 3 is 2.63 bits per heavy atom. The molecule has 0 fully saturated rings. The molecule has 0 radical (unpaired) electrons. The van der Waals surface area contributed by atoms with Crippen LogP contribution in [0.1, 0.15) is 31.3 Å². The highest BCUT2D eigenvalue weighted by atomic mass is 16.3. The average Bonchev–Trinajstić information content (AvgIpc) is 2.77. The molecule has 19 heavy (non-hydrogen) atoms. The van der Waals surface area contributed by atoms with Gasteiger partial charge < -0.3 is 15.4 Å². The van der Waals surface area contributed by atoms with E-state index in [0.717, 1.165) is 10.9 Å². The molecule has 4 nitrogen and oxygen atoms in total. The lowest BCUT2D eigenvalue weighted by molar-refractivity contribution is 0.0844. The van der Waals surface area contributed by atoms with E-state index in [1.54, 1.807) is 0 Å². The predicted molar refractivity (Wildman–Crippen MR) is 76.1 cm³/mol. The Balaban J connectivity index is 2.19. The predicted octanol–water partition coefficient (Wildman–Crippen LogP) is 2.30. The van der Waals surface area contributed by atoms with Crippen LogP contribution in [0.2, 0.25) is 0 Å². The highest BCUT2D eigenvalue weighted by Crippen LogP contribution is 2.20. The quantitative estimate of drug-likeness (QED) is 0.793. The highest BCUT2D eigenvalue weighted by molar-refractivity contribution is 5.98. The molecule has 2 aromatic rings. The summed E-state index contributed by atoms with van der Waals surface area (Å²) >= 11 is 0. The number of H-pyrrole nitrogens is 1. The number of rotatable bonds is 3. The first kappa shape index (κ1) is 13.6. The number of fused-ring (bicyclic) bond motifs is 1. The number of amides is 1. The Morgan fingerprint density at radius 1 is 1.37 bits per heavy atom. The Kier molecular flexibility index (Phi) is 3.62. The van der Waals surface area contributed by atoms with Gasteiger partial charge in [-0.3, -0.25) is 4.79 Å². The van der Waals surface area contributed by atoms with E-state index < -0.39 is 0 Å². The van der Waals surface area contributed by atoms with Crippen LogP contribution in [0.25, 0.3) is 10.9 Å². The first-order chi connectivity index (χ1) is 8.91. The minimum absolute atomic E-state index is 0.0739. The van der Waals surface area contributed by atoms with E-state index in [-0.39, 0.29) is 24.0 Å². The van der Waals surface area contributed by atoms with Crippen LogP contribution >= 0.6 is 0 Å². The fourth-order valence-corrected chi connectivity index (χ4v) is 1.97. The summed E-state index contributed by atoms with van der Waals surface area (Å²) in [4.78, 5) is 15.3. The molecule has 2 rings (SSSR count). The second-order valence-electron chi connectivity index (χ2n) is 5.84. The third-order valence-electron chi connectivity index (χ3n) is 3.31. The van der Waals surface area contributed by atoms with Gasteiger partial charge in [0.05, 0.1) is 12.6 Å². The molecule has 1 aromatic heterocycles. The number of hydrogen-bond donors (Lipinski definition) is 3. The van der Waals surface area contributed by atoms with Gasteiger partial charge in [-0.15, -0.1) is 0 Å². The Bertz CT molecular complexity index is 548. The highest BCUT2D eigenvalue weighted by Gasteiger charge is 2.26. The minimum atomic E-state index is -0.272. The van der Waals surface area contributed by atoms with Gasteiger partial charge >= 0.3 is 0 Å². The molecule has 4 heteroatoms. The maximum absolute atomic E-state index is 12.2. The van der Waals surface area contributed by atoms with E-state index in [0.29, 0.717) is 5.69 Å². The molecule has 1 amide bonds. The number of hydrogen-bond acceptors (Lipinski definition) is 2. The van der Waals surface area contributed by atoms with Crippen molar-refractivity contribution in [3.05, 3.63) is 36.0 Å². The molecule has 3 N–H and O–H groups in total. The number of aliphatic hydroxyl groups excluding tert-OH is 1. The molecule has 102 valence electrons. The molecule has 0 spiro atoms. The summed E-state index contributed by atoms with van der Waals surface area (Å²) in [6, 6.07) is 9.29. The lowest BCUT2D eigenvalue weighted by Crippen LogP contribution is -2.46. The normalized spacial score (nSPS) is 13.5. The number of benzene rings is 1. The molecule has 0 bridgehead atoms. The van der Waals surface area contributed by atoms with Crippen LogP contribution in [0.4, 0.5) is 0 Å². The summed E-state index contributed by atoms with van der Waals surface area (Å²) in [5, 5.41) is 13.2. The van der Waals surface area contributed by atoms with Crippen LogP contribution in [0, 0.1) is 5.41 Å². The zero-order valence-corrected chi connectivity index (χ0v) is 11.5. The van der Waals surface area contributed by atoms with Crippen molar-refractivity contribution in [3.63, 3.8) is 0 Å². The lowest BCUT2D eigenvalue weighted by Gasteiger charge is -2.29. The van der Waals surface area contributed by atoms with Crippen LogP contribution in [0.5, 0.6) is 0 Å². The van der Waals surface area contributed by atoms with Crippen molar-refractivity contribution < 1.29 is 9.90 Å². The van der Waals surface area contributed by atoms with Crippen molar-refractivity contribution in [1.82, 2.24) is 10.3 Å². The summed E-state index contributed by atoms with van der Waals surface area (Å²) in [7, 11) is 0. The zero-order chi connectivity index (χ0) is 14.0. The molecule has 0 unspecified atom stereocenters. The second-order valence-corrected chi connectivity index (χ2v) is 5.84. The molecule has 0 aliphatic heterocycles. The maximum Gasteiger partial charge on any atom is 0.268 e. The topological polar surface area (TPSA) is 65.1 Å². The fraction of sp³-hybridized carbons (Fsp3) is 0.400. The van der Waals surface area contributed by atoms with Gasteiger partial charge in [0.25, 0.3) is 5.91 Å². The third-order valence-corrected chi connectivity index (χ3v) is 3.31. The number of aliphatic hydroxyl groups is 1. The Hall–Kier alpha value is -1.81. The molecule has 0 aliphatic carbocycles. The first-order valence-electron chi connectivity index (χ1n) is 6.41. The number of carbonyl (C=O) groups is 1. The van der Waals surface area contributed by atoms with E-state index in [1.165, 1.54) is 0 Å². The van der Waals surface area contributed by atoms with E-state index in [1.807, 2.05) is 51.1 Å². The van der Waals surface area contributed by atoms with Gasteiger partial charge in [-0.1, -0.05) is 39.0 Å². The van der Waals surface area contributed by atoms with Crippen LogP contribution < -0.4 is 5.32 Å². The van der Waals surface area contributed by atoms with Gasteiger partial charge in [-0.05, 0) is 17.5 Å². The smallest absolute Gasteiger partial charge is 0.268 e. The Labute approximate surface area is 112 Å². The summed E-state index contributed by atoms with van der Waals surface area (Å²) in [5.74, 6) is -0.190. The molecule has 0 saturated heterocycles. The van der Waals surface area contributed by atoms with Crippen LogP contribution in [0.15, 0.2) is 30.3 Å². The van der Waals surface area contributed by atoms with Crippen molar-refractivity contribution in [2.24, 2.45) is 5.41 Å². The number of aromatic nitrogens is 1. The van der Waals surface area contributed by atoms with Crippen molar-refractivity contribution in [2.45, 2.75) is 26.8 Å². The van der Waals surface area contributed by atoms with Crippen LogP contribution in [-0.2, 0) is 0 Å². The van der Waals surface area contributed by atoms with Crippen LogP contribution in [-0.4, -0.2) is 28.6 Å².